The minimum Gasteiger partial charge on any atom is -0.497 e. The number of nitrogens with one attached hydrogen (secondary N) is 1. The molecule has 0 aromatic heterocycles. The third-order valence-electron chi connectivity index (χ3n) is 3.17. The first kappa shape index (κ1) is 17.4. The number of hydrogen-bond donors (Lipinski definition) is 1. The zero-order valence-electron chi connectivity index (χ0n) is 13.0. The number of rotatable bonds is 6. The van der Waals surface area contributed by atoms with Crippen molar-refractivity contribution >= 4 is 21.9 Å². The first-order valence-electron chi connectivity index (χ1n) is 6.77. The van der Waals surface area contributed by atoms with Crippen LogP contribution in [-0.4, -0.2) is 26.7 Å². The van der Waals surface area contributed by atoms with Gasteiger partial charge in [0.05, 0.1) is 23.1 Å². The molecule has 0 aliphatic carbocycles. The number of benzene rings is 2. The molecule has 0 fully saturated rings. The van der Waals surface area contributed by atoms with E-state index in [4.69, 9.17) is 4.74 Å². The largest absolute Gasteiger partial charge is 0.497 e. The van der Waals surface area contributed by atoms with Crippen molar-refractivity contribution < 1.29 is 18.1 Å². The first-order chi connectivity index (χ1) is 11.3. The molecular formula is C15H15N3O5S. The summed E-state index contributed by atoms with van der Waals surface area (Å²) in [6.45, 7) is 1.53. The maximum absolute atomic E-state index is 12.2. The van der Waals surface area contributed by atoms with Crippen LogP contribution in [0.5, 0.6) is 5.75 Å². The van der Waals surface area contributed by atoms with Crippen molar-refractivity contribution in [3.63, 3.8) is 0 Å². The van der Waals surface area contributed by atoms with Crippen molar-refractivity contribution in [3.05, 3.63) is 63.7 Å². The fourth-order valence-corrected chi connectivity index (χ4v) is 2.71. The van der Waals surface area contributed by atoms with Gasteiger partial charge in [0.15, 0.2) is 0 Å². The lowest BCUT2D eigenvalue weighted by Gasteiger charge is -2.05. The molecule has 8 nitrogen and oxygen atoms in total. The summed E-state index contributed by atoms with van der Waals surface area (Å²) in [5.74, 6) is 0.607. The number of nitro groups is 1. The van der Waals surface area contributed by atoms with Crippen LogP contribution in [0.3, 0.4) is 0 Å². The number of sulfonamides is 1. The standard InChI is InChI=1S/C15H15N3O5S/c1-11-6-7-14(9-15(11)18(19)20)24(21,22)17-16-10-12-4-3-5-13(8-12)23-2/h3-10,17H,1-2H3/b16-10-. The third kappa shape index (κ3) is 4.07. The van der Waals surface area contributed by atoms with Crippen LogP contribution in [0.4, 0.5) is 5.69 Å². The Kier molecular flexibility index (Phi) is 5.14. The second-order valence-electron chi connectivity index (χ2n) is 4.83. The molecule has 0 heterocycles. The van der Waals surface area contributed by atoms with Crippen molar-refractivity contribution in [2.24, 2.45) is 5.10 Å². The van der Waals surface area contributed by atoms with Gasteiger partial charge in [-0.3, -0.25) is 10.1 Å². The Hall–Kier alpha value is -2.94. The smallest absolute Gasteiger partial charge is 0.276 e. The number of hydrazone groups is 1. The summed E-state index contributed by atoms with van der Waals surface area (Å²) in [6, 6.07) is 10.5. The van der Waals surface area contributed by atoms with Crippen LogP contribution in [0, 0.1) is 17.0 Å². The Bertz CT molecular complexity index is 894. The highest BCUT2D eigenvalue weighted by Gasteiger charge is 2.19. The number of ether oxygens (including phenoxy) is 1. The summed E-state index contributed by atoms with van der Waals surface area (Å²) >= 11 is 0. The van der Waals surface area contributed by atoms with Crippen LogP contribution in [0.15, 0.2) is 52.5 Å². The fourth-order valence-electron chi connectivity index (χ4n) is 1.90. The van der Waals surface area contributed by atoms with E-state index >= 15 is 0 Å². The molecule has 0 aliphatic rings. The van der Waals surface area contributed by atoms with Gasteiger partial charge in [0, 0.05) is 11.6 Å². The van der Waals surface area contributed by atoms with Crippen molar-refractivity contribution in [1.29, 1.82) is 0 Å². The van der Waals surface area contributed by atoms with Crippen molar-refractivity contribution in [1.82, 2.24) is 4.83 Å². The van der Waals surface area contributed by atoms with E-state index in [1.165, 1.54) is 32.4 Å². The molecule has 126 valence electrons. The van der Waals surface area contributed by atoms with E-state index in [0.717, 1.165) is 6.07 Å². The van der Waals surface area contributed by atoms with Gasteiger partial charge in [-0.25, -0.2) is 4.83 Å². The second-order valence-corrected chi connectivity index (χ2v) is 6.50. The highest BCUT2D eigenvalue weighted by molar-refractivity contribution is 7.89. The minimum atomic E-state index is -4.00. The second kappa shape index (κ2) is 7.09. The summed E-state index contributed by atoms with van der Waals surface area (Å²) in [5, 5.41) is 14.6. The van der Waals surface area contributed by atoms with Crippen molar-refractivity contribution in [3.8, 4) is 5.75 Å². The molecule has 0 atom stereocenters. The summed E-state index contributed by atoms with van der Waals surface area (Å²) in [4.78, 5) is 12.1. The molecule has 0 saturated carbocycles. The molecule has 24 heavy (non-hydrogen) atoms. The van der Waals surface area contributed by atoms with E-state index in [1.807, 2.05) is 4.83 Å². The average molecular weight is 349 g/mol. The molecule has 0 bridgehead atoms. The van der Waals surface area contributed by atoms with Crippen LogP contribution in [0.25, 0.3) is 0 Å². The summed E-state index contributed by atoms with van der Waals surface area (Å²) in [6.07, 6.45) is 1.31. The Morgan fingerprint density at radius 2 is 2.00 bits per heavy atom. The number of nitro benzene ring substituents is 1. The van der Waals surface area contributed by atoms with Crippen molar-refractivity contribution in [2.75, 3.05) is 7.11 Å². The molecule has 0 aliphatic heterocycles. The molecule has 2 rings (SSSR count). The van der Waals surface area contributed by atoms with Gasteiger partial charge in [-0.2, -0.15) is 13.5 Å². The molecule has 2 aromatic carbocycles. The van der Waals surface area contributed by atoms with Crippen LogP contribution in [0.1, 0.15) is 11.1 Å². The maximum Gasteiger partial charge on any atom is 0.276 e. The number of methoxy groups -OCH3 is 1. The van der Waals surface area contributed by atoms with E-state index < -0.39 is 14.9 Å². The number of hydrogen-bond acceptors (Lipinski definition) is 6. The van der Waals surface area contributed by atoms with E-state index in [2.05, 4.69) is 5.10 Å². The molecular weight excluding hydrogens is 334 g/mol. The lowest BCUT2D eigenvalue weighted by atomic mass is 10.2. The van der Waals surface area contributed by atoms with E-state index in [-0.39, 0.29) is 10.6 Å². The van der Waals surface area contributed by atoms with E-state index in [1.54, 1.807) is 24.3 Å². The van der Waals surface area contributed by atoms with E-state index in [9.17, 15) is 18.5 Å². The van der Waals surface area contributed by atoms with Gasteiger partial charge in [-0.15, -0.1) is 0 Å². The van der Waals surface area contributed by atoms with Crippen molar-refractivity contribution in [2.45, 2.75) is 11.8 Å². The van der Waals surface area contributed by atoms with Gasteiger partial charge in [-0.05, 0) is 30.7 Å². The van der Waals surface area contributed by atoms with Gasteiger partial charge in [0.2, 0.25) is 0 Å². The van der Waals surface area contributed by atoms with Crippen LogP contribution in [-0.2, 0) is 10.0 Å². The Morgan fingerprint density at radius 1 is 1.25 bits per heavy atom. The van der Waals surface area contributed by atoms with Crippen LogP contribution in [0.2, 0.25) is 0 Å². The number of nitrogens with zero attached hydrogens (tertiary/aromatic N) is 2. The SMILES string of the molecule is COc1cccc(/C=N\NS(=O)(=O)c2ccc(C)c([N+](=O)[O-])c2)c1. The van der Waals surface area contributed by atoms with Gasteiger partial charge < -0.3 is 4.74 Å². The average Bonchev–Trinajstić information content (AvgIpc) is 2.54. The molecule has 2 aromatic rings. The first-order valence-corrected chi connectivity index (χ1v) is 8.26. The lowest BCUT2D eigenvalue weighted by molar-refractivity contribution is -0.385. The minimum absolute atomic E-state index is 0.234. The summed E-state index contributed by atoms with van der Waals surface area (Å²) in [7, 11) is -2.49. The third-order valence-corrected chi connectivity index (χ3v) is 4.39. The topological polar surface area (TPSA) is 111 Å². The molecule has 0 amide bonds. The molecule has 0 radical (unpaired) electrons. The molecule has 0 saturated heterocycles. The molecule has 0 spiro atoms. The Balaban J connectivity index is 2.21. The molecule has 1 N–H and O–H groups in total. The number of aryl methyl sites for hydroxylation is 1. The normalized spacial score (nSPS) is 11.4. The van der Waals surface area contributed by atoms with Crippen LogP contribution < -0.4 is 9.57 Å². The van der Waals surface area contributed by atoms with Crippen LogP contribution >= 0.6 is 0 Å². The van der Waals surface area contributed by atoms with Gasteiger partial charge >= 0.3 is 0 Å². The Labute approximate surface area is 139 Å². The van der Waals surface area contributed by atoms with Gasteiger partial charge in [0.25, 0.3) is 15.7 Å². The van der Waals surface area contributed by atoms with E-state index in [0.29, 0.717) is 16.9 Å². The molecule has 9 heteroatoms. The zero-order chi connectivity index (χ0) is 17.7. The predicted molar refractivity (Wildman–Crippen MR) is 88.7 cm³/mol. The summed E-state index contributed by atoms with van der Waals surface area (Å²) < 4.78 is 29.4. The maximum atomic E-state index is 12.2. The predicted octanol–water partition coefficient (Wildman–Crippen LogP) is 2.22. The monoisotopic (exact) mass is 349 g/mol. The molecule has 0 unspecified atom stereocenters. The summed E-state index contributed by atoms with van der Waals surface area (Å²) in [5.41, 5.74) is 0.736. The Morgan fingerprint density at radius 3 is 2.67 bits per heavy atom. The lowest BCUT2D eigenvalue weighted by Crippen LogP contribution is -2.18. The highest BCUT2D eigenvalue weighted by atomic mass is 32.2. The quantitative estimate of drug-likeness (QED) is 0.488. The fraction of sp³-hybridized carbons (Fsp3) is 0.133. The zero-order valence-corrected chi connectivity index (χ0v) is 13.8. The highest BCUT2D eigenvalue weighted by Crippen LogP contribution is 2.22. The van der Waals surface area contributed by atoms with Gasteiger partial charge in [-0.1, -0.05) is 18.2 Å². The van der Waals surface area contributed by atoms with Gasteiger partial charge in [0.1, 0.15) is 5.75 Å².